The van der Waals surface area contributed by atoms with Gasteiger partial charge in [-0.25, -0.2) is 8.42 Å². The number of rotatable bonds is 8. The number of sulfonamides is 1. The van der Waals surface area contributed by atoms with Gasteiger partial charge in [0.2, 0.25) is 0 Å². The van der Waals surface area contributed by atoms with Gasteiger partial charge in [-0.2, -0.15) is 4.31 Å². The van der Waals surface area contributed by atoms with Crippen molar-refractivity contribution < 1.29 is 22.7 Å². The van der Waals surface area contributed by atoms with Crippen LogP contribution in [0.5, 0.6) is 11.5 Å². The van der Waals surface area contributed by atoms with Crippen LogP contribution >= 0.6 is 15.9 Å². The average Bonchev–Trinajstić information content (AvgIpc) is 2.79. The molecule has 0 saturated heterocycles. The Morgan fingerprint density at radius 3 is 2.18 bits per heavy atom. The molecule has 0 saturated carbocycles. The lowest BCUT2D eigenvalue weighted by molar-refractivity contribution is -0.119. The number of halogens is 1. The van der Waals surface area contributed by atoms with Crippen molar-refractivity contribution in [1.82, 2.24) is 0 Å². The first-order valence-electron chi connectivity index (χ1n) is 10.8. The van der Waals surface area contributed by atoms with Gasteiger partial charge in [-0.05, 0) is 66.9 Å². The first-order valence-corrected chi connectivity index (χ1v) is 13.1. The molecule has 0 fully saturated rings. The van der Waals surface area contributed by atoms with E-state index in [9.17, 15) is 13.2 Å². The molecular formula is C26H28BrNO5S. The highest BCUT2D eigenvalue weighted by Gasteiger charge is 2.32. The molecular weight excluding hydrogens is 518 g/mol. The van der Waals surface area contributed by atoms with Gasteiger partial charge in [-0.15, -0.1) is 0 Å². The maximum Gasteiger partial charge on any atom is 0.278 e. The molecule has 0 radical (unpaired) electrons. The monoisotopic (exact) mass is 545 g/mol. The van der Waals surface area contributed by atoms with Crippen molar-refractivity contribution in [3.8, 4) is 11.5 Å². The largest absolute Gasteiger partial charge is 0.494 e. The van der Waals surface area contributed by atoms with Crippen molar-refractivity contribution in [3.05, 3.63) is 82.8 Å². The highest BCUT2D eigenvalue weighted by molar-refractivity contribution is 9.10. The van der Waals surface area contributed by atoms with Crippen LogP contribution in [0.1, 0.15) is 33.3 Å². The van der Waals surface area contributed by atoms with E-state index in [2.05, 4.69) is 15.9 Å². The molecule has 3 rings (SSSR count). The first kappa shape index (κ1) is 25.8. The van der Waals surface area contributed by atoms with Crippen LogP contribution in [0.25, 0.3) is 0 Å². The number of hydrogen-bond donors (Lipinski definition) is 0. The number of carbonyl (C=O) groups excluding carboxylic acids is 1. The Morgan fingerprint density at radius 2 is 1.59 bits per heavy atom. The van der Waals surface area contributed by atoms with E-state index in [0.717, 1.165) is 14.3 Å². The summed E-state index contributed by atoms with van der Waals surface area (Å²) in [7, 11) is -4.17. The molecule has 3 aromatic carbocycles. The normalized spacial score (nSPS) is 11.7. The number of hydrogen-bond acceptors (Lipinski definition) is 5. The Morgan fingerprint density at radius 1 is 0.941 bits per heavy atom. The molecule has 180 valence electrons. The summed E-state index contributed by atoms with van der Waals surface area (Å²) >= 11 is 3.47. The fourth-order valence-corrected chi connectivity index (χ4v) is 5.16. The van der Waals surface area contributed by atoms with E-state index in [4.69, 9.17) is 9.47 Å². The fraction of sp³-hybridized carbons (Fsp3) is 0.269. The molecule has 0 atom stereocenters. The molecule has 0 unspecified atom stereocenters. The van der Waals surface area contributed by atoms with Gasteiger partial charge >= 0.3 is 0 Å². The Labute approximate surface area is 209 Å². The van der Waals surface area contributed by atoms with E-state index in [1.54, 1.807) is 48.5 Å². The molecule has 0 heterocycles. The van der Waals surface area contributed by atoms with Crippen LogP contribution in [0.15, 0.2) is 82.2 Å². The SMILES string of the molecule is CCOc1ccc(N(C(=O)COc2ccc(Br)cc2C(C)(C)C)S(=O)(=O)c2ccccc2)cc1. The number of ether oxygens (including phenoxy) is 2. The molecule has 0 aliphatic heterocycles. The molecule has 0 aliphatic carbocycles. The third-order valence-electron chi connectivity index (χ3n) is 4.99. The zero-order chi connectivity index (χ0) is 24.9. The van der Waals surface area contributed by atoms with Gasteiger partial charge in [0.05, 0.1) is 17.2 Å². The van der Waals surface area contributed by atoms with E-state index in [1.807, 2.05) is 39.8 Å². The molecule has 1 amide bonds. The van der Waals surface area contributed by atoms with Gasteiger partial charge in [0, 0.05) is 10.0 Å². The maximum absolute atomic E-state index is 13.5. The predicted molar refractivity (Wildman–Crippen MR) is 137 cm³/mol. The molecule has 0 aromatic heterocycles. The van der Waals surface area contributed by atoms with E-state index in [0.29, 0.717) is 18.1 Å². The lowest BCUT2D eigenvalue weighted by Crippen LogP contribution is -2.40. The van der Waals surface area contributed by atoms with Crippen LogP contribution < -0.4 is 13.8 Å². The van der Waals surface area contributed by atoms with Crippen LogP contribution in [0, 0.1) is 0 Å². The van der Waals surface area contributed by atoms with Crippen molar-refractivity contribution in [2.24, 2.45) is 0 Å². The molecule has 3 aromatic rings. The second-order valence-electron chi connectivity index (χ2n) is 8.58. The highest BCUT2D eigenvalue weighted by atomic mass is 79.9. The fourth-order valence-electron chi connectivity index (χ4n) is 3.37. The van der Waals surface area contributed by atoms with Crippen LogP contribution in [0.3, 0.4) is 0 Å². The number of benzene rings is 3. The molecule has 8 heteroatoms. The third kappa shape index (κ3) is 5.98. The van der Waals surface area contributed by atoms with Crippen molar-refractivity contribution >= 4 is 37.5 Å². The van der Waals surface area contributed by atoms with E-state index >= 15 is 0 Å². The van der Waals surface area contributed by atoms with E-state index < -0.39 is 22.5 Å². The summed E-state index contributed by atoms with van der Waals surface area (Å²) in [4.78, 5) is 13.4. The summed E-state index contributed by atoms with van der Waals surface area (Å²) in [6.07, 6.45) is 0. The Balaban J connectivity index is 1.96. The molecule has 34 heavy (non-hydrogen) atoms. The Bertz CT molecular complexity index is 1240. The third-order valence-corrected chi connectivity index (χ3v) is 7.25. The van der Waals surface area contributed by atoms with Gasteiger partial charge < -0.3 is 9.47 Å². The molecule has 0 N–H and O–H groups in total. The standard InChI is InChI=1S/C26H28BrNO5S/c1-5-32-21-14-12-20(13-15-21)28(34(30,31)22-9-7-6-8-10-22)25(29)18-33-24-16-11-19(27)17-23(24)26(2,3)4/h6-17H,5,18H2,1-4H3. The highest BCUT2D eigenvalue weighted by Crippen LogP contribution is 2.34. The van der Waals surface area contributed by atoms with Crippen molar-refractivity contribution in [2.45, 2.75) is 38.0 Å². The summed E-state index contributed by atoms with van der Waals surface area (Å²) in [5.41, 5.74) is 0.855. The minimum absolute atomic E-state index is 0.0104. The lowest BCUT2D eigenvalue weighted by atomic mass is 9.86. The van der Waals surface area contributed by atoms with Gasteiger partial charge in [-0.1, -0.05) is 54.9 Å². The summed E-state index contributed by atoms with van der Waals surface area (Å²) in [6, 6.07) is 19.7. The lowest BCUT2D eigenvalue weighted by Gasteiger charge is -2.25. The van der Waals surface area contributed by atoms with Crippen LogP contribution in [-0.4, -0.2) is 27.5 Å². The van der Waals surface area contributed by atoms with Crippen LogP contribution in [0.4, 0.5) is 5.69 Å². The summed E-state index contributed by atoms with van der Waals surface area (Å²) in [5, 5.41) is 0. The number of carbonyl (C=O) groups is 1. The average molecular weight is 546 g/mol. The molecule has 6 nitrogen and oxygen atoms in total. The first-order chi connectivity index (χ1) is 16.0. The van der Waals surface area contributed by atoms with Gasteiger partial charge in [0.15, 0.2) is 6.61 Å². The Hall–Kier alpha value is -2.84. The quantitative estimate of drug-likeness (QED) is 0.350. The minimum Gasteiger partial charge on any atom is -0.494 e. The van der Waals surface area contributed by atoms with Gasteiger partial charge in [0.1, 0.15) is 11.5 Å². The number of anilines is 1. The second-order valence-corrected chi connectivity index (χ2v) is 11.3. The smallest absolute Gasteiger partial charge is 0.278 e. The zero-order valence-electron chi connectivity index (χ0n) is 19.6. The van der Waals surface area contributed by atoms with Crippen molar-refractivity contribution in [2.75, 3.05) is 17.5 Å². The van der Waals surface area contributed by atoms with E-state index in [-0.39, 0.29) is 16.0 Å². The number of amides is 1. The minimum atomic E-state index is -4.17. The Kier molecular flexibility index (Phi) is 8.05. The summed E-state index contributed by atoms with van der Waals surface area (Å²) in [5.74, 6) is 0.389. The zero-order valence-corrected chi connectivity index (χ0v) is 22.0. The van der Waals surface area contributed by atoms with Crippen molar-refractivity contribution in [1.29, 1.82) is 0 Å². The van der Waals surface area contributed by atoms with Gasteiger partial charge in [0.25, 0.3) is 15.9 Å². The van der Waals surface area contributed by atoms with Crippen molar-refractivity contribution in [3.63, 3.8) is 0 Å². The number of nitrogens with zero attached hydrogens (tertiary/aromatic N) is 1. The molecule has 0 bridgehead atoms. The van der Waals surface area contributed by atoms with Gasteiger partial charge in [-0.3, -0.25) is 4.79 Å². The predicted octanol–water partition coefficient (Wildman–Crippen LogP) is 5.95. The molecule has 0 spiro atoms. The topological polar surface area (TPSA) is 72.9 Å². The maximum atomic E-state index is 13.5. The molecule has 0 aliphatic rings. The second kappa shape index (κ2) is 10.6. The van der Waals surface area contributed by atoms with Crippen LogP contribution in [0.2, 0.25) is 0 Å². The summed E-state index contributed by atoms with van der Waals surface area (Å²) in [6.45, 7) is 7.99. The van der Waals surface area contributed by atoms with Crippen LogP contribution in [-0.2, 0) is 20.2 Å². The summed E-state index contributed by atoms with van der Waals surface area (Å²) < 4.78 is 40.0. The van der Waals surface area contributed by atoms with E-state index in [1.165, 1.54) is 12.1 Å².